The first-order valence-corrected chi connectivity index (χ1v) is 8.70. The van der Waals surface area contributed by atoms with Gasteiger partial charge in [0.1, 0.15) is 0 Å². The lowest BCUT2D eigenvalue weighted by atomic mass is 9.93. The Hall–Kier alpha value is -0.323. The van der Waals surface area contributed by atoms with Crippen molar-refractivity contribution >= 4 is 8.56 Å². The van der Waals surface area contributed by atoms with Crippen LogP contribution in [0.4, 0.5) is 0 Å². The zero-order chi connectivity index (χ0) is 12.0. The van der Waals surface area contributed by atoms with Crippen molar-refractivity contribution in [2.75, 3.05) is 14.2 Å². The van der Waals surface area contributed by atoms with Crippen molar-refractivity contribution in [1.82, 2.24) is 0 Å². The zero-order valence-electron chi connectivity index (χ0n) is 10.8. The number of hydrogen-bond donors (Lipinski definition) is 1. The van der Waals surface area contributed by atoms with Crippen LogP contribution in [-0.4, -0.2) is 22.8 Å². The molecule has 0 spiro atoms. The van der Waals surface area contributed by atoms with Gasteiger partial charge in [-0.15, -0.1) is 0 Å². The maximum absolute atomic E-state index is 6.16. The first-order valence-electron chi connectivity index (χ1n) is 6.18. The van der Waals surface area contributed by atoms with Crippen LogP contribution in [0.5, 0.6) is 0 Å². The standard InChI is InChI=1S/C12H25NO2Si/c1-14-16(3,15-2)10-9-12(13)11-7-5-4-6-8-11/h4-10,13H2,1-3H3. The molecule has 3 nitrogen and oxygen atoms in total. The molecule has 1 rings (SSSR count). The Bertz CT molecular complexity index is 241. The van der Waals surface area contributed by atoms with Gasteiger partial charge in [0.15, 0.2) is 0 Å². The van der Waals surface area contributed by atoms with Crippen molar-refractivity contribution in [3.63, 3.8) is 0 Å². The molecule has 16 heavy (non-hydrogen) atoms. The minimum atomic E-state index is -1.94. The van der Waals surface area contributed by atoms with E-state index in [0.717, 1.165) is 18.2 Å². The summed E-state index contributed by atoms with van der Waals surface area (Å²) in [7, 11) is 1.53. The molecule has 0 bridgehead atoms. The fourth-order valence-corrected chi connectivity index (χ4v) is 3.42. The maximum Gasteiger partial charge on any atom is 0.334 e. The minimum absolute atomic E-state index is 0.930. The fourth-order valence-electron chi connectivity index (χ4n) is 2.13. The van der Waals surface area contributed by atoms with E-state index in [2.05, 4.69) is 6.55 Å². The molecular weight excluding hydrogens is 218 g/mol. The van der Waals surface area contributed by atoms with Gasteiger partial charge in [0.05, 0.1) is 0 Å². The zero-order valence-corrected chi connectivity index (χ0v) is 11.8. The highest BCUT2D eigenvalue weighted by Crippen LogP contribution is 2.27. The Morgan fingerprint density at radius 1 is 1.19 bits per heavy atom. The number of hydrogen-bond acceptors (Lipinski definition) is 3. The monoisotopic (exact) mass is 243 g/mol. The second kappa shape index (κ2) is 6.42. The SMILES string of the molecule is CO[Si](C)(CCC(N)=C1CCCCC1)OC. The van der Waals surface area contributed by atoms with Crippen LogP contribution in [0.2, 0.25) is 12.6 Å². The van der Waals surface area contributed by atoms with Crippen LogP contribution in [-0.2, 0) is 8.85 Å². The molecule has 1 fully saturated rings. The summed E-state index contributed by atoms with van der Waals surface area (Å²) in [6, 6.07) is 0.954. The number of rotatable bonds is 5. The molecule has 0 aromatic rings. The predicted octanol–water partition coefficient (Wildman–Crippen LogP) is 2.92. The molecule has 1 aliphatic carbocycles. The van der Waals surface area contributed by atoms with Crippen LogP contribution in [0.25, 0.3) is 0 Å². The lowest BCUT2D eigenvalue weighted by molar-refractivity contribution is 0.249. The predicted molar refractivity (Wildman–Crippen MR) is 69.4 cm³/mol. The van der Waals surface area contributed by atoms with Gasteiger partial charge in [-0.1, -0.05) is 12.0 Å². The summed E-state index contributed by atoms with van der Waals surface area (Å²) in [4.78, 5) is 0. The van der Waals surface area contributed by atoms with Crippen molar-refractivity contribution < 1.29 is 8.85 Å². The quantitative estimate of drug-likeness (QED) is 0.755. The molecule has 0 heterocycles. The van der Waals surface area contributed by atoms with Crippen LogP contribution in [0, 0.1) is 0 Å². The molecule has 0 aliphatic heterocycles. The lowest BCUT2D eigenvalue weighted by Crippen LogP contribution is -2.36. The summed E-state index contributed by atoms with van der Waals surface area (Å²) in [5.74, 6) is 0. The fraction of sp³-hybridized carbons (Fsp3) is 0.833. The molecule has 0 aromatic carbocycles. The normalized spacial score (nSPS) is 17.6. The molecule has 0 atom stereocenters. The average Bonchev–Trinajstić information content (AvgIpc) is 2.36. The molecule has 0 radical (unpaired) electrons. The van der Waals surface area contributed by atoms with E-state index in [1.807, 2.05) is 0 Å². The molecule has 1 saturated carbocycles. The van der Waals surface area contributed by atoms with E-state index in [1.54, 1.807) is 14.2 Å². The second-order valence-corrected chi connectivity index (χ2v) is 8.32. The van der Waals surface area contributed by atoms with Crippen LogP contribution < -0.4 is 5.73 Å². The van der Waals surface area contributed by atoms with Crippen LogP contribution in [0.1, 0.15) is 38.5 Å². The largest absolute Gasteiger partial charge is 0.402 e. The summed E-state index contributed by atoms with van der Waals surface area (Å²) < 4.78 is 10.9. The Morgan fingerprint density at radius 2 is 1.75 bits per heavy atom. The van der Waals surface area contributed by atoms with Crippen molar-refractivity contribution in [3.05, 3.63) is 11.3 Å². The summed E-state index contributed by atoms with van der Waals surface area (Å²) in [6.07, 6.45) is 7.30. The van der Waals surface area contributed by atoms with Gasteiger partial charge in [-0.25, -0.2) is 0 Å². The second-order valence-electron chi connectivity index (χ2n) is 4.73. The van der Waals surface area contributed by atoms with Gasteiger partial charge in [-0.3, -0.25) is 0 Å². The van der Waals surface area contributed by atoms with E-state index < -0.39 is 8.56 Å². The summed E-state index contributed by atoms with van der Waals surface area (Å²) in [6.45, 7) is 2.09. The third kappa shape index (κ3) is 3.92. The number of nitrogens with two attached hydrogens (primary N) is 1. The Morgan fingerprint density at radius 3 is 2.25 bits per heavy atom. The first kappa shape index (κ1) is 13.7. The molecule has 1 aliphatic rings. The van der Waals surface area contributed by atoms with E-state index in [9.17, 15) is 0 Å². The Balaban J connectivity index is 2.47. The molecular formula is C12H25NO2Si. The first-order chi connectivity index (χ1) is 7.61. The smallest absolute Gasteiger partial charge is 0.334 e. The van der Waals surface area contributed by atoms with Crippen molar-refractivity contribution in [3.8, 4) is 0 Å². The molecule has 94 valence electrons. The Labute approximate surface area is 100 Å². The van der Waals surface area contributed by atoms with Gasteiger partial charge >= 0.3 is 8.56 Å². The molecule has 4 heteroatoms. The molecule has 0 unspecified atom stereocenters. The molecule has 0 amide bonds. The minimum Gasteiger partial charge on any atom is -0.402 e. The van der Waals surface area contributed by atoms with E-state index in [4.69, 9.17) is 14.6 Å². The highest BCUT2D eigenvalue weighted by molar-refractivity contribution is 6.65. The molecule has 0 aromatic heterocycles. The molecule has 0 saturated heterocycles. The summed E-state index contributed by atoms with van der Waals surface area (Å²) in [5, 5.41) is 0. The van der Waals surface area contributed by atoms with Crippen LogP contribution in [0.3, 0.4) is 0 Å². The van der Waals surface area contributed by atoms with Gasteiger partial charge in [-0.2, -0.15) is 0 Å². The highest BCUT2D eigenvalue weighted by Gasteiger charge is 2.28. The van der Waals surface area contributed by atoms with Crippen LogP contribution >= 0.6 is 0 Å². The van der Waals surface area contributed by atoms with Gasteiger partial charge in [0, 0.05) is 19.9 Å². The van der Waals surface area contributed by atoms with Crippen molar-refractivity contribution in [2.45, 2.75) is 51.1 Å². The molecule has 2 N–H and O–H groups in total. The lowest BCUT2D eigenvalue weighted by Gasteiger charge is -2.24. The Kier molecular flexibility index (Phi) is 5.51. The van der Waals surface area contributed by atoms with Gasteiger partial charge < -0.3 is 14.6 Å². The topological polar surface area (TPSA) is 44.5 Å². The average molecular weight is 243 g/mol. The maximum atomic E-state index is 6.16. The van der Waals surface area contributed by atoms with E-state index in [0.29, 0.717) is 0 Å². The van der Waals surface area contributed by atoms with Crippen molar-refractivity contribution in [2.24, 2.45) is 5.73 Å². The van der Waals surface area contributed by atoms with E-state index in [1.165, 1.54) is 37.7 Å². The summed E-state index contributed by atoms with van der Waals surface area (Å²) >= 11 is 0. The van der Waals surface area contributed by atoms with Gasteiger partial charge in [-0.05, 0) is 44.7 Å². The van der Waals surface area contributed by atoms with Gasteiger partial charge in [0.2, 0.25) is 0 Å². The third-order valence-electron chi connectivity index (χ3n) is 3.62. The van der Waals surface area contributed by atoms with Crippen LogP contribution in [0.15, 0.2) is 11.3 Å². The summed E-state index contributed by atoms with van der Waals surface area (Å²) in [5.41, 5.74) is 8.73. The highest BCUT2D eigenvalue weighted by atomic mass is 28.4. The van der Waals surface area contributed by atoms with E-state index >= 15 is 0 Å². The van der Waals surface area contributed by atoms with Gasteiger partial charge in [0.25, 0.3) is 0 Å². The van der Waals surface area contributed by atoms with E-state index in [-0.39, 0.29) is 0 Å². The van der Waals surface area contributed by atoms with Crippen molar-refractivity contribution in [1.29, 1.82) is 0 Å². The number of allylic oxidation sites excluding steroid dienone is 2. The third-order valence-corrected chi connectivity index (χ3v) is 6.51.